The number of nitrogens with one attached hydrogen (secondary N) is 1. The van der Waals surface area contributed by atoms with Crippen molar-refractivity contribution in [1.29, 1.82) is 0 Å². The van der Waals surface area contributed by atoms with Gasteiger partial charge in [0.2, 0.25) is 0 Å². The number of aliphatic hydroxyl groups is 1. The van der Waals surface area contributed by atoms with E-state index >= 15 is 0 Å². The molecule has 0 amide bonds. The summed E-state index contributed by atoms with van der Waals surface area (Å²) in [5, 5.41) is 13.7. The van der Waals surface area contributed by atoms with Crippen LogP contribution in [0, 0.1) is 0 Å². The average Bonchev–Trinajstić information content (AvgIpc) is 2.55. The summed E-state index contributed by atoms with van der Waals surface area (Å²) in [6.07, 6.45) is 5.19. The standard InChI is InChI=1S/C18H21NO4/c20-16-14(15-13-7-3-2-6-12(13)8-11-19-15)17(21)23-18(22-16)9-4-1-5-10-18/h2-3,6-7,15,19-20H,1,4-5,8-11H2/t15-/m0/s1. The molecule has 1 aromatic rings. The molecule has 2 N–H and O–H groups in total. The highest BCUT2D eigenvalue weighted by atomic mass is 16.8. The summed E-state index contributed by atoms with van der Waals surface area (Å²) in [5.74, 6) is -1.71. The first-order valence-electron chi connectivity index (χ1n) is 8.35. The number of fused-ring (bicyclic) bond motifs is 1. The average molecular weight is 315 g/mol. The maximum Gasteiger partial charge on any atom is 0.346 e. The van der Waals surface area contributed by atoms with E-state index in [1.54, 1.807) is 0 Å². The number of rotatable bonds is 1. The number of hydrogen-bond donors (Lipinski definition) is 2. The van der Waals surface area contributed by atoms with E-state index in [1.165, 1.54) is 5.56 Å². The predicted molar refractivity (Wildman–Crippen MR) is 83.5 cm³/mol. The van der Waals surface area contributed by atoms with Gasteiger partial charge in [0, 0.05) is 19.4 Å². The Bertz CT molecular complexity index is 661. The second-order valence-corrected chi connectivity index (χ2v) is 6.52. The number of hydrogen-bond acceptors (Lipinski definition) is 5. The molecule has 4 rings (SSSR count). The zero-order chi connectivity index (χ0) is 15.9. The molecule has 23 heavy (non-hydrogen) atoms. The van der Waals surface area contributed by atoms with Gasteiger partial charge in [0.05, 0.1) is 6.04 Å². The quantitative estimate of drug-likeness (QED) is 0.780. The van der Waals surface area contributed by atoms with Crippen LogP contribution in [0.5, 0.6) is 0 Å². The van der Waals surface area contributed by atoms with Gasteiger partial charge in [-0.2, -0.15) is 0 Å². The highest BCUT2D eigenvalue weighted by molar-refractivity contribution is 5.91. The molecule has 3 aliphatic rings. The molecule has 122 valence electrons. The SMILES string of the molecule is O=C1OC2(CCCCC2)OC(O)=C1[C@H]1NCCc2ccccc21. The Balaban J connectivity index is 1.69. The second-order valence-electron chi connectivity index (χ2n) is 6.52. The molecular weight excluding hydrogens is 294 g/mol. The van der Waals surface area contributed by atoms with Gasteiger partial charge in [0.25, 0.3) is 11.7 Å². The van der Waals surface area contributed by atoms with E-state index in [2.05, 4.69) is 11.4 Å². The van der Waals surface area contributed by atoms with E-state index < -0.39 is 11.8 Å². The van der Waals surface area contributed by atoms with E-state index in [0.717, 1.165) is 37.8 Å². The molecule has 0 radical (unpaired) electrons. The van der Waals surface area contributed by atoms with Crippen LogP contribution in [0.1, 0.15) is 49.3 Å². The van der Waals surface area contributed by atoms with Gasteiger partial charge < -0.3 is 19.9 Å². The van der Waals surface area contributed by atoms with Gasteiger partial charge in [0.1, 0.15) is 5.57 Å². The summed E-state index contributed by atoms with van der Waals surface area (Å²) in [6, 6.07) is 7.58. The summed E-state index contributed by atoms with van der Waals surface area (Å²) in [7, 11) is 0. The van der Waals surface area contributed by atoms with Gasteiger partial charge in [-0.15, -0.1) is 0 Å². The van der Waals surface area contributed by atoms with Crippen molar-refractivity contribution in [2.75, 3.05) is 6.54 Å². The van der Waals surface area contributed by atoms with Crippen LogP contribution in [0.4, 0.5) is 0 Å². The Morgan fingerprint density at radius 1 is 1.13 bits per heavy atom. The molecule has 2 heterocycles. The smallest absolute Gasteiger partial charge is 0.346 e. The zero-order valence-electron chi connectivity index (χ0n) is 13.0. The van der Waals surface area contributed by atoms with Crippen molar-refractivity contribution in [3.63, 3.8) is 0 Å². The van der Waals surface area contributed by atoms with Gasteiger partial charge >= 0.3 is 5.97 Å². The van der Waals surface area contributed by atoms with Gasteiger partial charge in [0.15, 0.2) is 0 Å². The van der Waals surface area contributed by atoms with E-state index in [0.29, 0.717) is 12.8 Å². The maximum atomic E-state index is 12.6. The van der Waals surface area contributed by atoms with Crippen LogP contribution in [-0.2, 0) is 20.7 Å². The first kappa shape index (κ1) is 14.6. The van der Waals surface area contributed by atoms with Crippen molar-refractivity contribution in [3.8, 4) is 0 Å². The molecule has 5 nitrogen and oxygen atoms in total. The lowest BCUT2D eigenvalue weighted by atomic mass is 9.88. The molecule has 1 atom stereocenters. The van der Waals surface area contributed by atoms with Gasteiger partial charge in [-0.3, -0.25) is 0 Å². The zero-order valence-corrected chi connectivity index (χ0v) is 13.0. The molecule has 1 aromatic carbocycles. The number of aliphatic hydroxyl groups excluding tert-OH is 1. The Kier molecular flexibility index (Phi) is 3.53. The lowest BCUT2D eigenvalue weighted by molar-refractivity contribution is -0.250. The first-order chi connectivity index (χ1) is 11.2. The third-order valence-electron chi connectivity index (χ3n) is 5.02. The molecule has 1 spiro atoms. The molecule has 0 saturated heterocycles. The maximum absolute atomic E-state index is 12.6. The van der Waals surface area contributed by atoms with Crippen LogP contribution in [0.25, 0.3) is 0 Å². The normalized spacial score (nSPS) is 26.4. The van der Waals surface area contributed by atoms with Crippen LogP contribution in [-0.4, -0.2) is 23.4 Å². The van der Waals surface area contributed by atoms with Crippen LogP contribution >= 0.6 is 0 Å². The molecule has 5 heteroatoms. The third-order valence-corrected chi connectivity index (χ3v) is 5.02. The summed E-state index contributed by atoms with van der Waals surface area (Å²) in [6.45, 7) is 0.747. The van der Waals surface area contributed by atoms with E-state index in [4.69, 9.17) is 9.47 Å². The predicted octanol–water partition coefficient (Wildman–Crippen LogP) is 2.88. The fraction of sp³-hybridized carbons (Fsp3) is 0.500. The molecule has 1 aliphatic carbocycles. The van der Waals surface area contributed by atoms with Crippen LogP contribution < -0.4 is 5.32 Å². The summed E-state index contributed by atoms with van der Waals surface area (Å²) >= 11 is 0. The molecule has 0 unspecified atom stereocenters. The number of benzene rings is 1. The Hall–Kier alpha value is -2.01. The van der Waals surface area contributed by atoms with Crippen molar-refractivity contribution in [2.45, 2.75) is 50.4 Å². The lowest BCUT2D eigenvalue weighted by Gasteiger charge is -2.40. The number of carbonyl (C=O) groups excluding carboxylic acids is 1. The highest BCUT2D eigenvalue weighted by Gasteiger charge is 2.47. The Morgan fingerprint density at radius 3 is 2.70 bits per heavy atom. The monoisotopic (exact) mass is 315 g/mol. The Labute approximate surface area is 135 Å². The number of esters is 1. The van der Waals surface area contributed by atoms with Crippen molar-refractivity contribution in [3.05, 3.63) is 46.9 Å². The van der Waals surface area contributed by atoms with Crippen molar-refractivity contribution >= 4 is 5.97 Å². The highest BCUT2D eigenvalue weighted by Crippen LogP contribution is 2.41. The first-order valence-corrected chi connectivity index (χ1v) is 8.35. The van der Waals surface area contributed by atoms with Crippen molar-refractivity contribution in [2.24, 2.45) is 0 Å². The molecule has 0 aromatic heterocycles. The Morgan fingerprint density at radius 2 is 1.91 bits per heavy atom. The largest absolute Gasteiger partial charge is 0.480 e. The minimum Gasteiger partial charge on any atom is -0.480 e. The van der Waals surface area contributed by atoms with E-state index in [9.17, 15) is 9.90 Å². The number of ether oxygens (including phenoxy) is 2. The van der Waals surface area contributed by atoms with Crippen LogP contribution in [0.15, 0.2) is 35.8 Å². The molecule has 0 bridgehead atoms. The van der Waals surface area contributed by atoms with Crippen LogP contribution in [0.2, 0.25) is 0 Å². The summed E-state index contributed by atoms with van der Waals surface area (Å²) in [5.41, 5.74) is 2.37. The summed E-state index contributed by atoms with van der Waals surface area (Å²) in [4.78, 5) is 12.6. The molecule has 2 aliphatic heterocycles. The molecule has 1 fully saturated rings. The van der Waals surface area contributed by atoms with E-state index in [1.807, 2.05) is 18.2 Å². The second kappa shape index (κ2) is 5.57. The number of carbonyl (C=O) groups is 1. The topological polar surface area (TPSA) is 67.8 Å². The van der Waals surface area contributed by atoms with Crippen LogP contribution in [0.3, 0.4) is 0 Å². The minimum absolute atomic E-state index is 0.188. The van der Waals surface area contributed by atoms with Gasteiger partial charge in [-0.1, -0.05) is 30.7 Å². The van der Waals surface area contributed by atoms with E-state index in [-0.39, 0.29) is 17.6 Å². The summed E-state index contributed by atoms with van der Waals surface area (Å²) < 4.78 is 11.4. The third kappa shape index (κ3) is 2.49. The molecule has 1 saturated carbocycles. The van der Waals surface area contributed by atoms with Crippen molar-refractivity contribution < 1.29 is 19.4 Å². The molecular formula is C18H21NO4. The fourth-order valence-electron chi connectivity index (χ4n) is 3.86. The van der Waals surface area contributed by atoms with Crippen molar-refractivity contribution in [1.82, 2.24) is 5.32 Å². The van der Waals surface area contributed by atoms with Gasteiger partial charge in [-0.25, -0.2) is 4.79 Å². The minimum atomic E-state index is -0.961. The lowest BCUT2D eigenvalue weighted by Crippen LogP contribution is -2.46. The fourth-order valence-corrected chi connectivity index (χ4v) is 3.86. The van der Waals surface area contributed by atoms with Gasteiger partial charge in [-0.05, 0) is 30.4 Å².